The predicted octanol–water partition coefficient (Wildman–Crippen LogP) is 0.313. The molecule has 10 nitrogen and oxygen atoms in total. The van der Waals surface area contributed by atoms with E-state index in [-0.39, 0.29) is 4.68 Å². The van der Waals surface area contributed by atoms with Crippen LogP contribution >= 0.6 is 0 Å². The Kier molecular flexibility index (Phi) is 2.72. The minimum Gasteiger partial charge on any atom is -0.390 e. The summed E-state index contributed by atoms with van der Waals surface area (Å²) in [4.78, 5) is 26.7. The summed E-state index contributed by atoms with van der Waals surface area (Å²) in [6, 6.07) is -1.40. The number of nitro groups is 1. The zero-order valence-corrected chi connectivity index (χ0v) is 8.64. The van der Waals surface area contributed by atoms with Crippen molar-refractivity contribution in [2.75, 3.05) is 0 Å². The van der Waals surface area contributed by atoms with E-state index in [1.165, 1.54) is 0 Å². The minimum absolute atomic E-state index is 0.257. The van der Waals surface area contributed by atoms with E-state index >= 15 is 0 Å². The van der Waals surface area contributed by atoms with Gasteiger partial charge in [0.1, 0.15) is 12.7 Å². The first-order valence-electron chi connectivity index (χ1n) is 4.38. The van der Waals surface area contributed by atoms with Crippen molar-refractivity contribution in [1.29, 1.82) is 0 Å². The van der Waals surface area contributed by atoms with Crippen LogP contribution in [0.5, 0.6) is 0 Å². The second-order valence-corrected chi connectivity index (χ2v) is 3.02. The van der Waals surface area contributed by atoms with Gasteiger partial charge in [0.25, 0.3) is 0 Å². The maximum Gasteiger partial charge on any atom is 0.492 e. The maximum absolute atomic E-state index is 12.6. The molecule has 2 heterocycles. The Morgan fingerprint density at radius 2 is 2.11 bits per heavy atom. The lowest BCUT2D eigenvalue weighted by molar-refractivity contribution is -0.394. The summed E-state index contributed by atoms with van der Waals surface area (Å²) in [5.41, 5.74) is 0. The quantitative estimate of drug-likeness (QED) is 0.543. The smallest absolute Gasteiger partial charge is 0.390 e. The molecule has 0 bridgehead atoms. The zero-order valence-electron chi connectivity index (χ0n) is 8.64. The van der Waals surface area contributed by atoms with Crippen LogP contribution in [0.25, 0.3) is 0 Å². The number of halogens is 3. The molecule has 0 radical (unpaired) electrons. The van der Waals surface area contributed by atoms with Crippen LogP contribution in [0.1, 0.15) is 5.82 Å². The van der Waals surface area contributed by atoms with E-state index in [1.54, 1.807) is 0 Å². The van der Waals surface area contributed by atoms with Gasteiger partial charge in [0.2, 0.25) is 0 Å². The van der Waals surface area contributed by atoms with Gasteiger partial charge < -0.3 is 10.1 Å². The first kappa shape index (κ1) is 12.6. The van der Waals surface area contributed by atoms with E-state index in [1.807, 2.05) is 0 Å². The topological polar surface area (TPSA) is 122 Å². The van der Waals surface area contributed by atoms with Gasteiger partial charge in [0.15, 0.2) is 0 Å². The van der Waals surface area contributed by atoms with Crippen molar-refractivity contribution in [3.8, 4) is 0 Å². The van der Waals surface area contributed by atoms with E-state index in [2.05, 4.69) is 20.2 Å². The average Bonchev–Trinajstić information content (AvgIpc) is 2.96. The summed E-state index contributed by atoms with van der Waals surface area (Å²) in [6.45, 7) is 0. The zero-order chi connectivity index (χ0) is 14.2. The molecule has 0 aliphatic heterocycles. The molecule has 0 saturated heterocycles. The molecule has 0 amide bonds. The Labute approximate surface area is 100 Å². The third-order valence-electron chi connectivity index (χ3n) is 1.81. The van der Waals surface area contributed by atoms with Crippen molar-refractivity contribution in [3.63, 3.8) is 0 Å². The summed E-state index contributed by atoms with van der Waals surface area (Å²) in [7, 11) is 0. The van der Waals surface area contributed by atoms with Gasteiger partial charge in [-0.05, 0) is 9.91 Å². The van der Waals surface area contributed by atoms with Crippen molar-refractivity contribution < 1.29 is 22.9 Å². The molecule has 100 valence electrons. The Bertz CT molecular complexity index is 631. The van der Waals surface area contributed by atoms with Crippen LogP contribution in [-0.4, -0.2) is 40.5 Å². The molecule has 2 aromatic rings. The Hall–Kier alpha value is -2.86. The average molecular weight is 277 g/mol. The molecule has 0 aromatic carbocycles. The Balaban J connectivity index is 2.55. The fourth-order valence-corrected chi connectivity index (χ4v) is 1.10. The van der Waals surface area contributed by atoms with Crippen LogP contribution in [0.15, 0.2) is 12.7 Å². The third-order valence-corrected chi connectivity index (χ3v) is 1.81. The number of aromatic nitrogens is 6. The highest BCUT2D eigenvalue weighted by atomic mass is 19.4. The molecule has 0 aliphatic rings. The third kappa shape index (κ3) is 2.24. The molecule has 0 saturated carbocycles. The summed E-state index contributed by atoms with van der Waals surface area (Å²) in [5, 5.41) is 16.5. The summed E-state index contributed by atoms with van der Waals surface area (Å²) in [5.74, 6) is -3.17. The fourth-order valence-electron chi connectivity index (χ4n) is 1.10. The lowest BCUT2D eigenvalue weighted by Gasteiger charge is -2.01. The second-order valence-electron chi connectivity index (χ2n) is 3.02. The molecule has 0 spiro atoms. The van der Waals surface area contributed by atoms with Crippen molar-refractivity contribution in [2.24, 2.45) is 0 Å². The minimum atomic E-state index is -5.09. The number of nitrogens with zero attached hydrogens (tertiary/aromatic N) is 7. The van der Waals surface area contributed by atoms with E-state index in [0.717, 1.165) is 12.7 Å². The van der Waals surface area contributed by atoms with Crippen LogP contribution in [0.2, 0.25) is 0 Å². The number of alkyl halides is 3. The number of carbonyl (C=O) groups excluding carboxylic acids is 1. The van der Waals surface area contributed by atoms with Gasteiger partial charge in [-0.25, -0.2) is 9.78 Å². The van der Waals surface area contributed by atoms with Gasteiger partial charge in [-0.2, -0.15) is 23.0 Å². The number of rotatable bonds is 1. The van der Waals surface area contributed by atoms with Crippen LogP contribution < -0.4 is 0 Å². The van der Waals surface area contributed by atoms with Crippen molar-refractivity contribution in [2.45, 2.75) is 6.18 Å². The number of hydrogen-bond donors (Lipinski definition) is 0. The van der Waals surface area contributed by atoms with Gasteiger partial charge >= 0.3 is 24.0 Å². The number of carbonyl (C=O) groups is 1. The van der Waals surface area contributed by atoms with Crippen LogP contribution in [0.3, 0.4) is 0 Å². The highest BCUT2D eigenvalue weighted by Crippen LogP contribution is 2.28. The maximum atomic E-state index is 12.6. The van der Waals surface area contributed by atoms with E-state index in [0.29, 0.717) is 4.68 Å². The molecule has 19 heavy (non-hydrogen) atoms. The standard InChI is InChI=1S/C6H2F3N7O3/c7-6(8,9)3-12-4(16(18)19)13-15(3)5(17)14-2-10-1-11-14/h1-2H. The largest absolute Gasteiger partial charge is 0.492 e. The summed E-state index contributed by atoms with van der Waals surface area (Å²) >= 11 is 0. The summed E-state index contributed by atoms with van der Waals surface area (Å²) in [6.07, 6.45) is -3.37. The van der Waals surface area contributed by atoms with Gasteiger partial charge in [-0.3, -0.25) is 0 Å². The first-order valence-corrected chi connectivity index (χ1v) is 4.38. The van der Waals surface area contributed by atoms with Crippen LogP contribution in [0.4, 0.5) is 23.9 Å². The Morgan fingerprint density at radius 1 is 1.42 bits per heavy atom. The number of hydrogen-bond acceptors (Lipinski definition) is 7. The van der Waals surface area contributed by atoms with Crippen molar-refractivity contribution in [3.05, 3.63) is 28.6 Å². The SMILES string of the molecule is O=C(n1cncn1)n1nc([N+](=O)[O-])nc1C(F)(F)F. The molecule has 0 fully saturated rings. The lowest BCUT2D eigenvalue weighted by atomic mass is 10.6. The molecule has 0 N–H and O–H groups in total. The molecule has 0 aliphatic carbocycles. The molecule has 13 heteroatoms. The van der Waals surface area contributed by atoms with Crippen LogP contribution in [0, 0.1) is 10.1 Å². The predicted molar refractivity (Wildman–Crippen MR) is 47.9 cm³/mol. The van der Waals surface area contributed by atoms with Gasteiger partial charge in [-0.1, -0.05) is 4.68 Å². The van der Waals surface area contributed by atoms with Gasteiger partial charge in [0.05, 0.1) is 0 Å². The van der Waals surface area contributed by atoms with Crippen LogP contribution in [-0.2, 0) is 6.18 Å². The lowest BCUT2D eigenvalue weighted by Crippen LogP contribution is -2.27. The van der Waals surface area contributed by atoms with E-state index in [9.17, 15) is 28.1 Å². The first-order chi connectivity index (χ1) is 8.80. The van der Waals surface area contributed by atoms with Gasteiger partial charge in [0, 0.05) is 5.10 Å². The molecule has 0 unspecified atom stereocenters. The highest BCUT2D eigenvalue weighted by molar-refractivity contribution is 5.77. The van der Waals surface area contributed by atoms with Crippen molar-refractivity contribution >= 4 is 12.0 Å². The van der Waals surface area contributed by atoms with Gasteiger partial charge in [-0.15, -0.1) is 0 Å². The molecular formula is C6H2F3N7O3. The molecule has 2 aromatic heterocycles. The summed E-state index contributed by atoms with van der Waals surface area (Å²) < 4.78 is 37.9. The monoisotopic (exact) mass is 277 g/mol. The molecule has 2 rings (SSSR count). The molecular weight excluding hydrogens is 275 g/mol. The fraction of sp³-hybridized carbons (Fsp3) is 0.167. The highest BCUT2D eigenvalue weighted by Gasteiger charge is 2.46. The second kappa shape index (κ2) is 4.11. The normalized spacial score (nSPS) is 11.5. The van der Waals surface area contributed by atoms with E-state index < -0.39 is 28.9 Å². The van der Waals surface area contributed by atoms with E-state index in [4.69, 9.17) is 0 Å². The Morgan fingerprint density at radius 3 is 2.58 bits per heavy atom. The molecule has 0 atom stereocenters. The van der Waals surface area contributed by atoms with Crippen molar-refractivity contribution in [1.82, 2.24) is 29.5 Å².